The van der Waals surface area contributed by atoms with Crippen molar-refractivity contribution in [1.29, 1.82) is 0 Å². The predicted octanol–water partition coefficient (Wildman–Crippen LogP) is 2.87. The van der Waals surface area contributed by atoms with Crippen molar-refractivity contribution in [2.45, 2.75) is 6.17 Å². The molecule has 6 nitrogen and oxygen atoms in total. The smallest absolute Gasteiger partial charge is 0.212 e. The molecule has 4 aromatic rings. The number of nitrogens with zero attached hydrogens (tertiary/aromatic N) is 4. The first-order valence-corrected chi connectivity index (χ1v) is 7.72. The minimum absolute atomic E-state index is 0.299. The van der Waals surface area contributed by atoms with Crippen molar-refractivity contribution >= 4 is 33.8 Å². The van der Waals surface area contributed by atoms with Gasteiger partial charge in [-0.3, -0.25) is 14.9 Å². The molecule has 0 spiro atoms. The lowest BCUT2D eigenvalue weighted by Crippen LogP contribution is -2.31. The Morgan fingerprint density at radius 1 is 1.00 bits per heavy atom. The molecule has 3 heterocycles. The molecule has 0 bridgehead atoms. The minimum atomic E-state index is -0.299. The van der Waals surface area contributed by atoms with E-state index in [1.54, 1.807) is 6.20 Å². The van der Waals surface area contributed by atoms with Crippen LogP contribution in [0.3, 0.4) is 0 Å². The molecule has 0 saturated carbocycles. The quantitative estimate of drug-likeness (QED) is 0.566. The summed E-state index contributed by atoms with van der Waals surface area (Å²) in [6, 6.07) is 18.1. The summed E-state index contributed by atoms with van der Waals surface area (Å²) < 4.78 is 2.06. The van der Waals surface area contributed by atoms with Gasteiger partial charge in [0.05, 0.1) is 16.6 Å². The van der Waals surface area contributed by atoms with Gasteiger partial charge in [-0.2, -0.15) is 0 Å². The van der Waals surface area contributed by atoms with Gasteiger partial charge in [0, 0.05) is 17.1 Å². The summed E-state index contributed by atoms with van der Waals surface area (Å²) in [4.78, 5) is 13.8. The molecule has 1 atom stereocenters. The first-order chi connectivity index (χ1) is 11.8. The SMILES string of the molecule is NC1=N[C@H](c2cccc3cccnc23)n2c(nc3ccccc32)N1. The second-order valence-electron chi connectivity index (χ2n) is 5.73. The van der Waals surface area contributed by atoms with Gasteiger partial charge in [-0.05, 0) is 18.2 Å². The zero-order valence-electron chi connectivity index (χ0n) is 12.7. The molecule has 116 valence electrons. The Morgan fingerprint density at radius 3 is 2.83 bits per heavy atom. The van der Waals surface area contributed by atoms with Crippen LogP contribution in [0.4, 0.5) is 5.95 Å². The number of guanidine groups is 1. The Bertz CT molecular complexity index is 1110. The topological polar surface area (TPSA) is 81.1 Å². The van der Waals surface area contributed by atoms with Crippen LogP contribution in [-0.2, 0) is 0 Å². The lowest BCUT2D eigenvalue weighted by Gasteiger charge is -2.24. The number of nitrogens with one attached hydrogen (secondary N) is 1. The Hall–Kier alpha value is -3.41. The second-order valence-corrected chi connectivity index (χ2v) is 5.73. The molecule has 5 rings (SSSR count). The van der Waals surface area contributed by atoms with Crippen LogP contribution >= 0.6 is 0 Å². The number of para-hydroxylation sites is 3. The van der Waals surface area contributed by atoms with Gasteiger partial charge in [0.2, 0.25) is 5.95 Å². The van der Waals surface area contributed by atoms with E-state index in [9.17, 15) is 0 Å². The number of aromatic nitrogens is 3. The van der Waals surface area contributed by atoms with Crippen molar-refractivity contribution in [3.63, 3.8) is 0 Å². The van der Waals surface area contributed by atoms with Crippen LogP contribution in [0.15, 0.2) is 65.8 Å². The van der Waals surface area contributed by atoms with Gasteiger partial charge < -0.3 is 5.73 Å². The fraction of sp³-hybridized carbons (Fsp3) is 0.0556. The summed E-state index contributed by atoms with van der Waals surface area (Å²) >= 11 is 0. The third kappa shape index (κ3) is 1.80. The fourth-order valence-corrected chi connectivity index (χ4v) is 3.26. The summed E-state index contributed by atoms with van der Waals surface area (Å²) in [7, 11) is 0. The number of hydrogen-bond donors (Lipinski definition) is 2. The summed E-state index contributed by atoms with van der Waals surface area (Å²) in [5, 5.41) is 4.13. The molecule has 1 aliphatic heterocycles. The van der Waals surface area contributed by atoms with Crippen molar-refractivity contribution in [3.05, 3.63) is 66.4 Å². The maximum Gasteiger partial charge on any atom is 0.212 e. The number of nitrogens with two attached hydrogens (primary N) is 1. The highest BCUT2D eigenvalue weighted by molar-refractivity contribution is 5.95. The lowest BCUT2D eigenvalue weighted by atomic mass is 10.1. The number of hydrogen-bond acceptors (Lipinski definition) is 5. The first-order valence-electron chi connectivity index (χ1n) is 7.72. The van der Waals surface area contributed by atoms with Crippen molar-refractivity contribution in [2.75, 3.05) is 5.32 Å². The van der Waals surface area contributed by atoms with Crippen molar-refractivity contribution in [3.8, 4) is 0 Å². The number of rotatable bonds is 1. The summed E-state index contributed by atoms with van der Waals surface area (Å²) in [5.41, 5.74) is 9.85. The first kappa shape index (κ1) is 13.1. The number of anilines is 1. The number of pyridine rings is 1. The molecule has 0 fully saturated rings. The van der Waals surface area contributed by atoms with Crippen LogP contribution in [0.5, 0.6) is 0 Å². The van der Waals surface area contributed by atoms with E-state index >= 15 is 0 Å². The zero-order chi connectivity index (χ0) is 16.1. The molecular weight excluding hydrogens is 300 g/mol. The van der Waals surface area contributed by atoms with Crippen LogP contribution in [0.25, 0.3) is 21.9 Å². The minimum Gasteiger partial charge on any atom is -0.370 e. The van der Waals surface area contributed by atoms with E-state index in [1.807, 2.05) is 54.6 Å². The summed E-state index contributed by atoms with van der Waals surface area (Å²) in [5.74, 6) is 1.05. The zero-order valence-corrected chi connectivity index (χ0v) is 12.7. The third-order valence-corrected chi connectivity index (χ3v) is 4.28. The molecule has 3 N–H and O–H groups in total. The number of imidazole rings is 1. The Kier molecular flexibility index (Phi) is 2.61. The standard InChI is InChI=1S/C18H14N6/c19-17-22-16(12-7-3-5-11-6-4-10-20-15(11)12)24-14-9-2-1-8-13(14)21-18(24)23-17/h1-10,16H,(H3,19,21,22,23)/t16-/m0/s1. The maximum absolute atomic E-state index is 6.01. The Balaban J connectivity index is 1.83. The monoisotopic (exact) mass is 314 g/mol. The van der Waals surface area contributed by atoms with E-state index in [1.165, 1.54) is 0 Å². The van der Waals surface area contributed by atoms with Gasteiger partial charge in [0.1, 0.15) is 0 Å². The van der Waals surface area contributed by atoms with Crippen LogP contribution in [0.2, 0.25) is 0 Å². The van der Waals surface area contributed by atoms with Gasteiger partial charge in [-0.1, -0.05) is 36.4 Å². The highest BCUT2D eigenvalue weighted by Crippen LogP contribution is 2.34. The van der Waals surface area contributed by atoms with Crippen molar-refractivity contribution in [2.24, 2.45) is 10.7 Å². The van der Waals surface area contributed by atoms with Gasteiger partial charge in [-0.15, -0.1) is 0 Å². The molecule has 6 heteroatoms. The molecule has 0 saturated heterocycles. The fourth-order valence-electron chi connectivity index (χ4n) is 3.26. The van der Waals surface area contributed by atoms with Gasteiger partial charge in [-0.25, -0.2) is 9.98 Å². The molecule has 0 amide bonds. The lowest BCUT2D eigenvalue weighted by molar-refractivity contribution is 0.629. The predicted molar refractivity (Wildman–Crippen MR) is 94.9 cm³/mol. The van der Waals surface area contributed by atoms with E-state index in [2.05, 4.69) is 24.8 Å². The molecule has 24 heavy (non-hydrogen) atoms. The van der Waals surface area contributed by atoms with Crippen LogP contribution in [-0.4, -0.2) is 20.5 Å². The van der Waals surface area contributed by atoms with Gasteiger partial charge in [0.15, 0.2) is 12.1 Å². The molecule has 2 aromatic heterocycles. The molecule has 1 aliphatic rings. The van der Waals surface area contributed by atoms with E-state index in [4.69, 9.17) is 5.73 Å². The van der Waals surface area contributed by atoms with E-state index in [-0.39, 0.29) is 6.17 Å². The second kappa shape index (κ2) is 4.79. The van der Waals surface area contributed by atoms with E-state index in [0.29, 0.717) is 11.9 Å². The third-order valence-electron chi connectivity index (χ3n) is 4.28. The molecular formula is C18H14N6. The Morgan fingerprint density at radius 2 is 1.88 bits per heavy atom. The van der Waals surface area contributed by atoms with Crippen LogP contribution in [0, 0.1) is 0 Å². The van der Waals surface area contributed by atoms with Crippen LogP contribution < -0.4 is 11.1 Å². The number of aliphatic imine (C=N–C) groups is 1. The van der Waals surface area contributed by atoms with Gasteiger partial charge >= 0.3 is 0 Å². The molecule has 2 aromatic carbocycles. The average molecular weight is 314 g/mol. The highest BCUT2D eigenvalue weighted by atomic mass is 15.4. The van der Waals surface area contributed by atoms with E-state index < -0.39 is 0 Å². The Labute approximate surface area is 137 Å². The summed E-state index contributed by atoms with van der Waals surface area (Å²) in [6.45, 7) is 0. The van der Waals surface area contributed by atoms with Crippen LogP contribution in [0.1, 0.15) is 11.7 Å². The van der Waals surface area contributed by atoms with Gasteiger partial charge in [0.25, 0.3) is 0 Å². The van der Waals surface area contributed by atoms with Crippen molar-refractivity contribution in [1.82, 2.24) is 14.5 Å². The average Bonchev–Trinajstić information content (AvgIpc) is 2.98. The summed E-state index contributed by atoms with van der Waals surface area (Å²) in [6.07, 6.45) is 1.50. The highest BCUT2D eigenvalue weighted by Gasteiger charge is 2.26. The molecule has 0 aliphatic carbocycles. The number of benzene rings is 2. The largest absolute Gasteiger partial charge is 0.370 e. The number of fused-ring (bicyclic) bond motifs is 4. The molecule has 0 unspecified atom stereocenters. The normalized spacial score (nSPS) is 16.7. The molecule has 0 radical (unpaired) electrons. The maximum atomic E-state index is 6.01. The van der Waals surface area contributed by atoms with Crippen molar-refractivity contribution < 1.29 is 0 Å². The van der Waals surface area contributed by atoms with E-state index in [0.717, 1.165) is 27.5 Å².